The van der Waals surface area contributed by atoms with Gasteiger partial charge in [0.05, 0.1) is 21.3 Å². The molecule has 0 radical (unpaired) electrons. The molecule has 7 heteroatoms. The van der Waals surface area contributed by atoms with Crippen molar-refractivity contribution in [3.8, 4) is 17.2 Å². The summed E-state index contributed by atoms with van der Waals surface area (Å²) < 4.78 is 20.9. The lowest BCUT2D eigenvalue weighted by Gasteiger charge is -2.16. The summed E-state index contributed by atoms with van der Waals surface area (Å²) in [5.74, 6) is 0.600. The first-order valence-corrected chi connectivity index (χ1v) is 9.84. The minimum atomic E-state index is -0.641. The van der Waals surface area contributed by atoms with Gasteiger partial charge in [0.25, 0.3) is 5.91 Å². The third-order valence-electron chi connectivity index (χ3n) is 4.64. The number of carbonyl (C=O) groups excluding carboxylic acids is 2. The zero-order valence-corrected chi connectivity index (χ0v) is 18.8. The molecule has 31 heavy (non-hydrogen) atoms. The summed E-state index contributed by atoms with van der Waals surface area (Å²) in [5.41, 5.74) is 3.39. The number of esters is 1. The Morgan fingerprint density at radius 2 is 1.68 bits per heavy atom. The van der Waals surface area contributed by atoms with E-state index in [9.17, 15) is 9.59 Å². The topological polar surface area (TPSA) is 83.1 Å². The molecule has 166 valence electrons. The highest BCUT2D eigenvalue weighted by atomic mass is 16.5. The number of ether oxygens (including phenoxy) is 4. The van der Waals surface area contributed by atoms with Gasteiger partial charge in [0.2, 0.25) is 5.75 Å². The largest absolute Gasteiger partial charge is 0.493 e. The van der Waals surface area contributed by atoms with E-state index in [1.165, 1.54) is 27.4 Å². The van der Waals surface area contributed by atoms with Gasteiger partial charge in [-0.2, -0.15) is 0 Å². The minimum Gasteiger partial charge on any atom is -0.493 e. The molecule has 0 saturated carbocycles. The van der Waals surface area contributed by atoms with Gasteiger partial charge in [-0.05, 0) is 47.7 Å². The Bertz CT molecular complexity index is 940. The van der Waals surface area contributed by atoms with Crippen LogP contribution in [0.1, 0.15) is 36.5 Å². The van der Waals surface area contributed by atoms with Gasteiger partial charge in [-0.15, -0.1) is 0 Å². The predicted octanol–water partition coefficient (Wildman–Crippen LogP) is 4.34. The average molecular weight is 427 g/mol. The SMILES string of the molecule is COc1cc(/C=C/C(=O)OCC(=O)Nc2c(C)cccc2C(C)C)cc(OC)c1OC. The van der Waals surface area contributed by atoms with Crippen LogP contribution in [0, 0.1) is 6.92 Å². The van der Waals surface area contributed by atoms with Crippen LogP contribution in [0.15, 0.2) is 36.4 Å². The maximum atomic E-state index is 12.3. The molecule has 1 N–H and O–H groups in total. The number of anilines is 1. The predicted molar refractivity (Wildman–Crippen MR) is 120 cm³/mol. The monoisotopic (exact) mass is 427 g/mol. The van der Waals surface area contributed by atoms with Crippen molar-refractivity contribution in [1.29, 1.82) is 0 Å². The number of benzene rings is 2. The Labute approximate surface area is 183 Å². The van der Waals surface area contributed by atoms with Crippen LogP contribution in [0.3, 0.4) is 0 Å². The van der Waals surface area contributed by atoms with Crippen molar-refractivity contribution in [2.45, 2.75) is 26.7 Å². The van der Waals surface area contributed by atoms with Crippen LogP contribution in [0.2, 0.25) is 0 Å². The van der Waals surface area contributed by atoms with Gasteiger partial charge in [-0.3, -0.25) is 4.79 Å². The summed E-state index contributed by atoms with van der Waals surface area (Å²) in [6, 6.07) is 9.24. The number of para-hydroxylation sites is 1. The first kappa shape index (κ1) is 23.8. The van der Waals surface area contributed by atoms with Crippen molar-refractivity contribution < 1.29 is 28.5 Å². The molecule has 0 bridgehead atoms. The van der Waals surface area contributed by atoms with Crippen LogP contribution in [0.4, 0.5) is 5.69 Å². The number of carbonyl (C=O) groups is 2. The zero-order chi connectivity index (χ0) is 23.0. The molecule has 2 aromatic rings. The van der Waals surface area contributed by atoms with E-state index in [1.54, 1.807) is 18.2 Å². The number of aryl methyl sites for hydroxylation is 1. The molecule has 0 aliphatic rings. The number of methoxy groups -OCH3 is 3. The molecule has 1 amide bonds. The van der Waals surface area contributed by atoms with E-state index in [0.29, 0.717) is 22.8 Å². The average Bonchev–Trinajstić information content (AvgIpc) is 2.76. The van der Waals surface area contributed by atoms with E-state index >= 15 is 0 Å². The lowest BCUT2D eigenvalue weighted by Crippen LogP contribution is -2.21. The van der Waals surface area contributed by atoms with E-state index in [1.807, 2.05) is 25.1 Å². The Morgan fingerprint density at radius 1 is 1.03 bits per heavy atom. The molecule has 0 heterocycles. The normalized spacial score (nSPS) is 10.8. The lowest BCUT2D eigenvalue weighted by molar-refractivity contribution is -0.142. The van der Waals surface area contributed by atoms with Gasteiger partial charge in [0, 0.05) is 11.8 Å². The van der Waals surface area contributed by atoms with E-state index in [0.717, 1.165) is 16.8 Å². The van der Waals surface area contributed by atoms with Gasteiger partial charge >= 0.3 is 5.97 Å². The second-order valence-corrected chi connectivity index (χ2v) is 7.14. The minimum absolute atomic E-state index is 0.249. The Kier molecular flexibility index (Phi) is 8.49. The molecule has 0 aromatic heterocycles. The third kappa shape index (κ3) is 6.25. The fraction of sp³-hybridized carbons (Fsp3) is 0.333. The number of amides is 1. The Balaban J connectivity index is 2.01. The Hall–Kier alpha value is -3.48. The van der Waals surface area contributed by atoms with Crippen LogP contribution in [-0.4, -0.2) is 39.8 Å². The summed E-state index contributed by atoms with van der Waals surface area (Å²) >= 11 is 0. The van der Waals surface area contributed by atoms with E-state index < -0.39 is 11.9 Å². The molecule has 0 aliphatic carbocycles. The fourth-order valence-electron chi connectivity index (χ4n) is 3.06. The van der Waals surface area contributed by atoms with Crippen molar-refractivity contribution in [2.24, 2.45) is 0 Å². The molecular weight excluding hydrogens is 398 g/mol. The number of rotatable bonds is 9. The van der Waals surface area contributed by atoms with Gasteiger partial charge < -0.3 is 24.3 Å². The van der Waals surface area contributed by atoms with Crippen LogP contribution >= 0.6 is 0 Å². The first-order valence-electron chi connectivity index (χ1n) is 9.84. The maximum absolute atomic E-state index is 12.3. The van der Waals surface area contributed by atoms with Gasteiger partial charge in [-0.25, -0.2) is 4.79 Å². The standard InChI is InChI=1S/C24H29NO6/c1-15(2)18-9-7-8-16(3)23(18)25-21(26)14-31-22(27)11-10-17-12-19(28-4)24(30-6)20(13-17)29-5/h7-13,15H,14H2,1-6H3,(H,25,26)/b11-10+. The van der Waals surface area contributed by atoms with E-state index in [2.05, 4.69) is 19.2 Å². The quantitative estimate of drug-likeness (QED) is 0.474. The molecule has 0 aliphatic heterocycles. The van der Waals surface area contributed by atoms with Crippen molar-refractivity contribution in [3.63, 3.8) is 0 Å². The van der Waals surface area contributed by atoms with Crippen molar-refractivity contribution in [2.75, 3.05) is 33.3 Å². The highest BCUT2D eigenvalue weighted by Gasteiger charge is 2.14. The fourth-order valence-corrected chi connectivity index (χ4v) is 3.06. The Morgan fingerprint density at radius 3 is 2.23 bits per heavy atom. The van der Waals surface area contributed by atoms with Crippen LogP contribution in [0.5, 0.6) is 17.2 Å². The summed E-state index contributed by atoms with van der Waals surface area (Å²) in [7, 11) is 4.53. The highest BCUT2D eigenvalue weighted by Crippen LogP contribution is 2.38. The lowest BCUT2D eigenvalue weighted by atomic mass is 9.98. The third-order valence-corrected chi connectivity index (χ3v) is 4.64. The number of hydrogen-bond acceptors (Lipinski definition) is 6. The smallest absolute Gasteiger partial charge is 0.331 e. The molecule has 7 nitrogen and oxygen atoms in total. The zero-order valence-electron chi connectivity index (χ0n) is 18.8. The second-order valence-electron chi connectivity index (χ2n) is 7.14. The molecular formula is C24H29NO6. The van der Waals surface area contributed by atoms with Crippen molar-refractivity contribution in [3.05, 3.63) is 53.1 Å². The summed E-state index contributed by atoms with van der Waals surface area (Å²) in [6.07, 6.45) is 2.78. The molecule has 2 aromatic carbocycles. The number of nitrogens with one attached hydrogen (secondary N) is 1. The summed E-state index contributed by atoms with van der Waals surface area (Å²) in [4.78, 5) is 24.4. The summed E-state index contributed by atoms with van der Waals surface area (Å²) in [6.45, 7) is 5.65. The van der Waals surface area contributed by atoms with Crippen LogP contribution in [-0.2, 0) is 14.3 Å². The van der Waals surface area contributed by atoms with Gasteiger partial charge in [0.1, 0.15) is 0 Å². The maximum Gasteiger partial charge on any atom is 0.331 e. The molecule has 0 fully saturated rings. The van der Waals surface area contributed by atoms with Crippen molar-refractivity contribution in [1.82, 2.24) is 0 Å². The van der Waals surface area contributed by atoms with Gasteiger partial charge in [0.15, 0.2) is 18.1 Å². The first-order chi connectivity index (χ1) is 14.8. The van der Waals surface area contributed by atoms with Gasteiger partial charge in [-0.1, -0.05) is 32.0 Å². The molecule has 0 saturated heterocycles. The van der Waals surface area contributed by atoms with E-state index in [4.69, 9.17) is 18.9 Å². The highest BCUT2D eigenvalue weighted by molar-refractivity contribution is 5.95. The molecule has 0 spiro atoms. The van der Waals surface area contributed by atoms with Crippen molar-refractivity contribution >= 4 is 23.6 Å². The molecule has 2 rings (SSSR count). The van der Waals surface area contributed by atoms with Crippen LogP contribution in [0.25, 0.3) is 6.08 Å². The van der Waals surface area contributed by atoms with Crippen LogP contribution < -0.4 is 19.5 Å². The molecule has 0 unspecified atom stereocenters. The molecule has 0 atom stereocenters. The second kappa shape index (κ2) is 11.1. The number of hydrogen-bond donors (Lipinski definition) is 1. The summed E-state index contributed by atoms with van der Waals surface area (Å²) in [5, 5.41) is 2.84. The van der Waals surface area contributed by atoms with E-state index in [-0.39, 0.29) is 12.5 Å².